The first-order valence-corrected chi connectivity index (χ1v) is 14.2. The number of hydrogen-bond donors (Lipinski definition) is 1. The molecule has 0 aromatic heterocycles. The van der Waals surface area contributed by atoms with E-state index in [0.717, 1.165) is 42.7 Å². The Balaban J connectivity index is 1.79. The first-order chi connectivity index (χ1) is 18.5. The highest BCUT2D eigenvalue weighted by atomic mass is 31.1. The predicted molar refractivity (Wildman–Crippen MR) is 161 cm³/mol. The molecule has 4 aromatic rings. The van der Waals surface area contributed by atoms with Crippen LogP contribution in [0.3, 0.4) is 0 Å². The first-order valence-electron chi connectivity index (χ1n) is 13.2. The van der Waals surface area contributed by atoms with Gasteiger partial charge in [-0.05, 0) is 54.0 Å². The predicted octanol–water partition coefficient (Wildman–Crippen LogP) is 8.16. The lowest BCUT2D eigenvalue weighted by Gasteiger charge is -2.36. The average molecular weight is 528 g/mol. The highest BCUT2D eigenvalue weighted by Gasteiger charge is 2.35. The number of benzene rings is 4. The fourth-order valence-corrected chi connectivity index (χ4v) is 7.02. The molecule has 38 heavy (non-hydrogen) atoms. The maximum Gasteiger partial charge on any atom is 0.164 e. The molecule has 2 atom stereocenters. The van der Waals surface area contributed by atoms with Gasteiger partial charge in [0.1, 0.15) is 5.75 Å². The molecule has 1 N–H and O–H groups in total. The lowest BCUT2D eigenvalue weighted by molar-refractivity contribution is 0.354. The summed E-state index contributed by atoms with van der Waals surface area (Å²) in [5.74, 6) is 1.36. The minimum Gasteiger partial charge on any atom is -0.504 e. The van der Waals surface area contributed by atoms with Crippen molar-refractivity contribution in [1.82, 2.24) is 0 Å². The third-order valence-electron chi connectivity index (χ3n) is 7.16. The van der Waals surface area contributed by atoms with Crippen LogP contribution in [0.2, 0.25) is 0 Å². The van der Waals surface area contributed by atoms with Gasteiger partial charge in [-0.1, -0.05) is 89.5 Å². The number of nitrogens with zero attached hydrogens (tertiary/aromatic N) is 1. The molecular weight excluding hydrogens is 489 g/mol. The van der Waals surface area contributed by atoms with Crippen LogP contribution in [-0.2, 0) is 11.7 Å². The average Bonchev–Trinajstić information content (AvgIpc) is 2.97. The van der Waals surface area contributed by atoms with Crippen LogP contribution in [0.25, 0.3) is 0 Å². The highest BCUT2D eigenvalue weighted by molar-refractivity contribution is 7.48. The molecule has 0 amide bonds. The minimum atomic E-state index is -0.249. The van der Waals surface area contributed by atoms with E-state index in [1.165, 1.54) is 10.9 Å². The van der Waals surface area contributed by atoms with Crippen molar-refractivity contribution >= 4 is 25.3 Å². The van der Waals surface area contributed by atoms with Gasteiger partial charge in [-0.3, -0.25) is 0 Å². The number of anilines is 2. The SMILES string of the molecule is CCCC(CC)(Pc1ccccc1CN(c1ccccc1)c1ccccc1)c1cc(OC)cc(OC)c1O. The van der Waals surface area contributed by atoms with Crippen LogP contribution < -0.4 is 19.7 Å². The van der Waals surface area contributed by atoms with Crippen molar-refractivity contribution in [2.45, 2.75) is 44.8 Å². The Kier molecular flexibility index (Phi) is 9.31. The zero-order valence-electron chi connectivity index (χ0n) is 22.8. The van der Waals surface area contributed by atoms with Crippen molar-refractivity contribution in [1.29, 1.82) is 0 Å². The largest absolute Gasteiger partial charge is 0.504 e. The molecule has 4 aromatic carbocycles. The van der Waals surface area contributed by atoms with Crippen molar-refractivity contribution in [3.63, 3.8) is 0 Å². The lowest BCUT2D eigenvalue weighted by Crippen LogP contribution is -2.26. The zero-order chi connectivity index (χ0) is 27.0. The molecule has 2 unspecified atom stereocenters. The molecule has 0 bridgehead atoms. The van der Waals surface area contributed by atoms with Crippen molar-refractivity contribution in [2.75, 3.05) is 19.1 Å². The second-order valence-corrected chi connectivity index (χ2v) is 11.2. The number of methoxy groups -OCH3 is 2. The van der Waals surface area contributed by atoms with E-state index in [2.05, 4.69) is 104 Å². The quantitative estimate of drug-likeness (QED) is 0.189. The lowest BCUT2D eigenvalue weighted by atomic mass is 9.89. The fraction of sp³-hybridized carbons (Fsp3) is 0.273. The summed E-state index contributed by atoms with van der Waals surface area (Å²) in [6.45, 7) is 5.18. The summed E-state index contributed by atoms with van der Waals surface area (Å²) in [6, 6.07) is 33.5. The van der Waals surface area contributed by atoms with E-state index in [1.807, 2.05) is 6.07 Å². The standard InChI is InChI=1S/C33H38NO3P/c1-5-21-33(6-2,29-22-28(36-3)23-30(37-4)32(29)35)38-31-20-14-13-15-25(31)24-34(26-16-9-7-10-17-26)27-18-11-8-12-19-27/h7-20,22-23,35,38H,5-6,21,24H2,1-4H3. The van der Waals surface area contributed by atoms with Gasteiger partial charge in [0.25, 0.3) is 0 Å². The normalized spacial score (nSPS) is 12.8. The zero-order valence-corrected chi connectivity index (χ0v) is 23.8. The molecule has 0 fully saturated rings. The van der Waals surface area contributed by atoms with Gasteiger partial charge < -0.3 is 19.5 Å². The van der Waals surface area contributed by atoms with Crippen LogP contribution >= 0.6 is 8.58 Å². The summed E-state index contributed by atoms with van der Waals surface area (Å²) < 4.78 is 11.1. The topological polar surface area (TPSA) is 41.9 Å². The Hall–Kier alpha value is -3.49. The molecule has 0 saturated carbocycles. The van der Waals surface area contributed by atoms with E-state index in [1.54, 1.807) is 20.3 Å². The van der Waals surface area contributed by atoms with Crippen LogP contribution in [0.4, 0.5) is 11.4 Å². The molecule has 0 aliphatic heterocycles. The van der Waals surface area contributed by atoms with E-state index < -0.39 is 0 Å². The van der Waals surface area contributed by atoms with Crippen LogP contribution in [0.5, 0.6) is 17.2 Å². The smallest absolute Gasteiger partial charge is 0.164 e. The molecule has 0 aliphatic rings. The maximum absolute atomic E-state index is 11.3. The number of phenols is 1. The van der Waals surface area contributed by atoms with Crippen molar-refractivity contribution in [3.05, 3.63) is 108 Å². The van der Waals surface area contributed by atoms with Crippen molar-refractivity contribution in [3.8, 4) is 17.2 Å². The van der Waals surface area contributed by atoms with Gasteiger partial charge in [0.2, 0.25) is 0 Å². The summed E-state index contributed by atoms with van der Waals surface area (Å²) in [7, 11) is 3.70. The Morgan fingerprint density at radius 3 is 1.95 bits per heavy atom. The van der Waals surface area contributed by atoms with Crippen LogP contribution in [-0.4, -0.2) is 19.3 Å². The third kappa shape index (κ3) is 5.97. The molecule has 0 spiro atoms. The van der Waals surface area contributed by atoms with Crippen molar-refractivity contribution in [2.24, 2.45) is 0 Å². The number of rotatable bonds is 12. The number of phenolic OH excluding ortho intramolecular Hbond substituents is 1. The number of hydrogen-bond acceptors (Lipinski definition) is 4. The summed E-state index contributed by atoms with van der Waals surface area (Å²) in [4.78, 5) is 2.36. The molecule has 0 aliphatic carbocycles. The summed E-state index contributed by atoms with van der Waals surface area (Å²) >= 11 is 0. The first kappa shape index (κ1) is 27.5. The number of aromatic hydroxyl groups is 1. The van der Waals surface area contributed by atoms with Crippen LogP contribution in [0, 0.1) is 0 Å². The van der Waals surface area contributed by atoms with E-state index in [0.29, 0.717) is 20.1 Å². The fourth-order valence-electron chi connectivity index (χ4n) is 5.12. The van der Waals surface area contributed by atoms with Crippen molar-refractivity contribution < 1.29 is 14.6 Å². The molecule has 5 heteroatoms. The van der Waals surface area contributed by atoms with Gasteiger partial charge in [-0.15, -0.1) is 0 Å². The Bertz CT molecular complexity index is 1270. The van der Waals surface area contributed by atoms with Gasteiger partial charge >= 0.3 is 0 Å². The monoisotopic (exact) mass is 527 g/mol. The molecule has 198 valence electrons. The molecule has 0 radical (unpaired) electrons. The number of ether oxygens (including phenoxy) is 2. The van der Waals surface area contributed by atoms with Crippen LogP contribution in [0.1, 0.15) is 44.2 Å². The van der Waals surface area contributed by atoms with E-state index in [-0.39, 0.29) is 10.9 Å². The Labute approximate surface area is 229 Å². The van der Waals surface area contributed by atoms with Gasteiger partial charge in [0.15, 0.2) is 11.5 Å². The highest BCUT2D eigenvalue weighted by Crippen LogP contribution is 2.54. The molecule has 4 nitrogen and oxygen atoms in total. The van der Waals surface area contributed by atoms with E-state index in [9.17, 15) is 5.11 Å². The van der Waals surface area contributed by atoms with Gasteiger partial charge in [0.05, 0.1) is 14.2 Å². The summed E-state index contributed by atoms with van der Waals surface area (Å²) in [5.41, 5.74) is 4.49. The van der Waals surface area contributed by atoms with Gasteiger partial charge in [-0.2, -0.15) is 0 Å². The maximum atomic E-state index is 11.3. The molecule has 0 saturated heterocycles. The Morgan fingerprint density at radius 1 is 0.789 bits per heavy atom. The molecule has 4 rings (SSSR count). The summed E-state index contributed by atoms with van der Waals surface area (Å²) in [5, 5.41) is 12.4. The summed E-state index contributed by atoms with van der Waals surface area (Å²) in [6.07, 6.45) is 2.84. The molecular formula is C33H38NO3P. The van der Waals surface area contributed by atoms with E-state index >= 15 is 0 Å². The number of para-hydroxylation sites is 2. The van der Waals surface area contributed by atoms with E-state index in [4.69, 9.17) is 9.47 Å². The van der Waals surface area contributed by atoms with Crippen LogP contribution in [0.15, 0.2) is 97.1 Å². The Morgan fingerprint density at radius 2 is 1.39 bits per heavy atom. The van der Waals surface area contributed by atoms with Gasteiger partial charge in [0, 0.05) is 34.7 Å². The second-order valence-electron chi connectivity index (χ2n) is 9.45. The third-order valence-corrected chi connectivity index (χ3v) is 9.26. The minimum absolute atomic E-state index is 0.212. The second kappa shape index (κ2) is 12.8. The molecule has 0 heterocycles. The van der Waals surface area contributed by atoms with Gasteiger partial charge in [-0.25, -0.2) is 0 Å².